The molecule has 0 aliphatic carbocycles. The second kappa shape index (κ2) is 6.36. The van der Waals surface area contributed by atoms with Gasteiger partial charge in [0.15, 0.2) is 5.69 Å². The average Bonchev–Trinajstić information content (AvgIpc) is 2.68. The third-order valence-corrected chi connectivity index (χ3v) is 2.27. The lowest BCUT2D eigenvalue weighted by atomic mass is 10.2. The van der Waals surface area contributed by atoms with E-state index < -0.39 is 17.7 Å². The number of nitrogens with zero attached hydrogens (tertiary/aromatic N) is 3. The van der Waals surface area contributed by atoms with Crippen LogP contribution in [0.15, 0.2) is 0 Å². The van der Waals surface area contributed by atoms with Crippen LogP contribution in [0.25, 0.3) is 0 Å². The molecule has 0 aromatic carbocycles. The molecule has 2 N–H and O–H groups in total. The van der Waals surface area contributed by atoms with Gasteiger partial charge in [0.05, 0.1) is 12.2 Å². The summed E-state index contributed by atoms with van der Waals surface area (Å²) in [6, 6.07) is 0. The van der Waals surface area contributed by atoms with Gasteiger partial charge in [0.2, 0.25) is 0 Å². The number of carbonyl (C=O) groups is 2. The lowest BCUT2D eigenvalue weighted by Crippen LogP contribution is -2.33. The van der Waals surface area contributed by atoms with Crippen LogP contribution in [0, 0.1) is 0 Å². The first-order chi connectivity index (χ1) is 9.24. The van der Waals surface area contributed by atoms with Crippen LogP contribution in [-0.4, -0.2) is 37.8 Å². The number of rotatable bonds is 5. The summed E-state index contributed by atoms with van der Waals surface area (Å²) in [6.45, 7) is 7.72. The molecule has 0 fully saturated rings. The lowest BCUT2D eigenvalue weighted by molar-refractivity contribution is 0.0519. The SMILES string of the molecule is CCCn1nnc(C(=O)O)c1CNC(=O)OC(C)(C)C. The first-order valence-electron chi connectivity index (χ1n) is 6.37. The minimum Gasteiger partial charge on any atom is -0.476 e. The molecule has 1 rings (SSSR count). The van der Waals surface area contributed by atoms with Gasteiger partial charge in [0, 0.05) is 6.54 Å². The Hall–Kier alpha value is -2.12. The number of aryl methyl sites for hydroxylation is 1. The Morgan fingerprint density at radius 2 is 2.05 bits per heavy atom. The smallest absolute Gasteiger partial charge is 0.407 e. The number of alkyl carbamates (subject to hydrolysis) is 1. The quantitative estimate of drug-likeness (QED) is 0.846. The molecule has 1 amide bonds. The second-order valence-corrected chi connectivity index (χ2v) is 5.27. The van der Waals surface area contributed by atoms with E-state index in [1.807, 2.05) is 6.92 Å². The van der Waals surface area contributed by atoms with Gasteiger partial charge in [-0.3, -0.25) is 0 Å². The maximum Gasteiger partial charge on any atom is 0.407 e. The van der Waals surface area contributed by atoms with Crippen LogP contribution in [0.4, 0.5) is 4.79 Å². The van der Waals surface area contributed by atoms with Crippen molar-refractivity contribution in [2.24, 2.45) is 0 Å². The van der Waals surface area contributed by atoms with Crippen LogP contribution in [0.5, 0.6) is 0 Å². The molecule has 0 saturated heterocycles. The molecule has 0 aliphatic heterocycles. The van der Waals surface area contributed by atoms with E-state index in [9.17, 15) is 9.59 Å². The van der Waals surface area contributed by atoms with Gasteiger partial charge in [0.1, 0.15) is 5.60 Å². The van der Waals surface area contributed by atoms with Crippen LogP contribution in [0.3, 0.4) is 0 Å². The molecule has 1 aromatic rings. The van der Waals surface area contributed by atoms with Gasteiger partial charge in [-0.1, -0.05) is 12.1 Å². The number of nitrogens with one attached hydrogen (secondary N) is 1. The average molecular weight is 284 g/mol. The Morgan fingerprint density at radius 1 is 1.40 bits per heavy atom. The molecule has 1 heterocycles. The zero-order valence-corrected chi connectivity index (χ0v) is 12.1. The largest absolute Gasteiger partial charge is 0.476 e. The van der Waals surface area contributed by atoms with Crippen LogP contribution in [-0.2, 0) is 17.8 Å². The summed E-state index contributed by atoms with van der Waals surface area (Å²) in [5.41, 5.74) is -0.415. The Balaban J connectivity index is 2.77. The highest BCUT2D eigenvalue weighted by Crippen LogP contribution is 2.09. The molecule has 0 spiro atoms. The fraction of sp³-hybridized carbons (Fsp3) is 0.667. The Morgan fingerprint density at radius 3 is 2.55 bits per heavy atom. The first-order valence-corrected chi connectivity index (χ1v) is 6.37. The number of ether oxygens (including phenoxy) is 1. The zero-order chi connectivity index (χ0) is 15.3. The summed E-state index contributed by atoms with van der Waals surface area (Å²) in [5, 5.41) is 18.9. The number of hydrogen-bond donors (Lipinski definition) is 2. The van der Waals surface area contributed by atoms with Gasteiger partial charge >= 0.3 is 12.1 Å². The molecule has 0 unspecified atom stereocenters. The molecule has 0 aliphatic rings. The number of carboxylic acid groups (broad SMARTS) is 1. The fourth-order valence-electron chi connectivity index (χ4n) is 1.54. The van der Waals surface area contributed by atoms with Crippen LogP contribution >= 0.6 is 0 Å². The molecule has 0 radical (unpaired) electrons. The minimum absolute atomic E-state index is 0.00352. The van der Waals surface area contributed by atoms with Crippen molar-refractivity contribution in [2.45, 2.75) is 52.8 Å². The second-order valence-electron chi connectivity index (χ2n) is 5.27. The number of carboxylic acids is 1. The molecule has 0 atom stereocenters. The molecule has 8 nitrogen and oxygen atoms in total. The van der Waals surface area contributed by atoms with Crippen molar-refractivity contribution in [1.82, 2.24) is 20.3 Å². The highest BCUT2D eigenvalue weighted by Gasteiger charge is 2.21. The van der Waals surface area contributed by atoms with E-state index in [1.54, 1.807) is 20.8 Å². The molecule has 8 heteroatoms. The molecular weight excluding hydrogens is 264 g/mol. The van der Waals surface area contributed by atoms with Gasteiger partial charge in [-0.25, -0.2) is 14.3 Å². The molecular formula is C12H20N4O4. The number of amides is 1. The van der Waals surface area contributed by atoms with E-state index in [0.29, 0.717) is 12.2 Å². The fourth-order valence-corrected chi connectivity index (χ4v) is 1.54. The van der Waals surface area contributed by atoms with E-state index in [2.05, 4.69) is 15.6 Å². The van der Waals surface area contributed by atoms with Crippen LogP contribution < -0.4 is 5.32 Å². The first kappa shape index (κ1) is 15.9. The maximum atomic E-state index is 11.6. The molecule has 20 heavy (non-hydrogen) atoms. The topological polar surface area (TPSA) is 106 Å². The predicted molar refractivity (Wildman–Crippen MR) is 70.3 cm³/mol. The van der Waals surface area contributed by atoms with Crippen molar-refractivity contribution in [3.8, 4) is 0 Å². The summed E-state index contributed by atoms with van der Waals surface area (Å²) in [7, 11) is 0. The number of aromatic carboxylic acids is 1. The normalized spacial score (nSPS) is 11.2. The number of hydrogen-bond acceptors (Lipinski definition) is 5. The molecule has 112 valence electrons. The van der Waals surface area contributed by atoms with Crippen molar-refractivity contribution < 1.29 is 19.4 Å². The summed E-state index contributed by atoms with van der Waals surface area (Å²) in [5.74, 6) is -1.17. The van der Waals surface area contributed by atoms with Crippen molar-refractivity contribution in [3.05, 3.63) is 11.4 Å². The van der Waals surface area contributed by atoms with Crippen LogP contribution in [0.1, 0.15) is 50.3 Å². The lowest BCUT2D eigenvalue weighted by Gasteiger charge is -2.19. The van der Waals surface area contributed by atoms with Gasteiger partial charge in [-0.15, -0.1) is 5.10 Å². The van der Waals surface area contributed by atoms with Crippen molar-refractivity contribution in [2.75, 3.05) is 0 Å². The highest BCUT2D eigenvalue weighted by atomic mass is 16.6. The third kappa shape index (κ3) is 4.52. The third-order valence-electron chi connectivity index (χ3n) is 2.27. The molecule has 0 saturated carbocycles. The standard InChI is InChI=1S/C12H20N4O4/c1-5-6-16-8(9(10(17)18)14-15-16)7-13-11(19)20-12(2,3)4/h5-7H2,1-4H3,(H,13,19)(H,17,18). The van der Waals surface area contributed by atoms with Crippen molar-refractivity contribution >= 4 is 12.1 Å². The van der Waals surface area contributed by atoms with Gasteiger partial charge in [-0.05, 0) is 27.2 Å². The summed E-state index contributed by atoms with van der Waals surface area (Å²) in [6.07, 6.45) is 0.167. The van der Waals surface area contributed by atoms with E-state index in [4.69, 9.17) is 9.84 Å². The summed E-state index contributed by atoms with van der Waals surface area (Å²) >= 11 is 0. The predicted octanol–water partition coefficient (Wildman–Crippen LogP) is 1.41. The summed E-state index contributed by atoms with van der Waals surface area (Å²) in [4.78, 5) is 22.6. The van der Waals surface area contributed by atoms with E-state index in [0.717, 1.165) is 6.42 Å². The van der Waals surface area contributed by atoms with Gasteiger partial charge < -0.3 is 15.2 Å². The highest BCUT2D eigenvalue weighted by molar-refractivity contribution is 5.86. The van der Waals surface area contributed by atoms with Crippen molar-refractivity contribution in [1.29, 1.82) is 0 Å². The van der Waals surface area contributed by atoms with Gasteiger partial charge in [-0.2, -0.15) is 0 Å². The van der Waals surface area contributed by atoms with Gasteiger partial charge in [0.25, 0.3) is 0 Å². The van der Waals surface area contributed by atoms with E-state index in [1.165, 1.54) is 4.68 Å². The molecule has 1 aromatic heterocycles. The van der Waals surface area contributed by atoms with Crippen LogP contribution in [0.2, 0.25) is 0 Å². The number of aromatic nitrogens is 3. The Bertz CT molecular complexity index is 490. The Labute approximate surface area is 117 Å². The summed E-state index contributed by atoms with van der Waals surface area (Å²) < 4.78 is 6.56. The minimum atomic E-state index is -1.17. The number of carbonyl (C=O) groups excluding carboxylic acids is 1. The maximum absolute atomic E-state index is 11.6. The van der Waals surface area contributed by atoms with Crippen molar-refractivity contribution in [3.63, 3.8) is 0 Å². The Kier molecular flexibility index (Phi) is 5.06. The van der Waals surface area contributed by atoms with E-state index in [-0.39, 0.29) is 12.2 Å². The molecule has 0 bridgehead atoms. The monoisotopic (exact) mass is 284 g/mol. The van der Waals surface area contributed by atoms with E-state index >= 15 is 0 Å². The zero-order valence-electron chi connectivity index (χ0n) is 12.1.